The number of esters is 1. The van der Waals surface area contributed by atoms with Gasteiger partial charge in [0.2, 0.25) is 0 Å². The molecule has 0 spiro atoms. The largest absolute Gasteiger partial charge is 0.507 e. The molecule has 1 aliphatic rings. The summed E-state index contributed by atoms with van der Waals surface area (Å²) in [4.78, 5) is 9.82. The van der Waals surface area contributed by atoms with Crippen LogP contribution in [0.1, 0.15) is 13.8 Å². The summed E-state index contributed by atoms with van der Waals surface area (Å²) >= 11 is 0. The van der Waals surface area contributed by atoms with Crippen LogP contribution in [-0.4, -0.2) is 33.0 Å². The predicted octanol–water partition coefficient (Wildman–Crippen LogP) is 6.06. The maximum atomic E-state index is 10.7. The summed E-state index contributed by atoms with van der Waals surface area (Å²) in [5.74, 6) is -0.106. The van der Waals surface area contributed by atoms with Gasteiger partial charge in [0.05, 0.1) is 6.61 Å². The monoisotopic (exact) mass is 456 g/mol. The fourth-order valence-electron chi connectivity index (χ4n) is 4.31. The SMILES string of the molecule is CCOC(C)=O.Oc1cccc2c1-c1c(O)cccc1-c1cccc(O)c1-c1c(O)cccc1-2. The standard InChI is InChI=1S/C24H16O4.C4H8O2/c25-17-9-1-5-13-14-6-2-10-18(26)22(14)24-16(8-4-12-20(24)28)15-7-3-11-19(27)23(15)21(13)17;1-3-6-4(2)5/h1-12,25-28H;3H2,1-2H3. The van der Waals surface area contributed by atoms with E-state index in [1.54, 1.807) is 55.5 Å². The van der Waals surface area contributed by atoms with E-state index in [0.29, 0.717) is 51.1 Å². The number of hydrogen-bond acceptors (Lipinski definition) is 6. The summed E-state index contributed by atoms with van der Waals surface area (Å²) < 4.78 is 4.40. The number of rotatable bonds is 1. The van der Waals surface area contributed by atoms with Gasteiger partial charge >= 0.3 is 5.97 Å². The van der Waals surface area contributed by atoms with E-state index in [-0.39, 0.29) is 29.0 Å². The minimum absolute atomic E-state index is 0.0261. The van der Waals surface area contributed by atoms with E-state index in [2.05, 4.69) is 4.74 Å². The van der Waals surface area contributed by atoms with E-state index in [1.165, 1.54) is 6.92 Å². The van der Waals surface area contributed by atoms with Crippen LogP contribution in [0.3, 0.4) is 0 Å². The van der Waals surface area contributed by atoms with Gasteiger partial charge in [-0.2, -0.15) is 0 Å². The van der Waals surface area contributed by atoms with Gasteiger partial charge in [0.1, 0.15) is 23.0 Å². The molecule has 6 heteroatoms. The molecule has 0 fully saturated rings. The van der Waals surface area contributed by atoms with Crippen molar-refractivity contribution in [3.05, 3.63) is 72.8 Å². The van der Waals surface area contributed by atoms with Gasteiger partial charge in [0.25, 0.3) is 0 Å². The minimum Gasteiger partial charge on any atom is -0.507 e. The van der Waals surface area contributed by atoms with Gasteiger partial charge in [0, 0.05) is 29.2 Å². The van der Waals surface area contributed by atoms with Crippen molar-refractivity contribution < 1.29 is 30.0 Å². The molecule has 4 aromatic carbocycles. The fourth-order valence-corrected chi connectivity index (χ4v) is 4.31. The molecule has 0 radical (unpaired) electrons. The molecule has 0 bridgehead atoms. The average molecular weight is 456 g/mol. The molecule has 1 aliphatic carbocycles. The number of ether oxygens (including phenoxy) is 1. The highest BCUT2D eigenvalue weighted by atomic mass is 16.5. The molecule has 0 aliphatic heterocycles. The van der Waals surface area contributed by atoms with Crippen LogP contribution in [0.25, 0.3) is 44.5 Å². The Hall–Kier alpha value is -4.45. The van der Waals surface area contributed by atoms with Crippen LogP contribution in [0, 0.1) is 0 Å². The summed E-state index contributed by atoms with van der Waals surface area (Å²) in [6, 6.07) is 20.5. The van der Waals surface area contributed by atoms with Crippen LogP contribution >= 0.6 is 0 Å². The fraction of sp³-hybridized carbons (Fsp3) is 0.107. The molecule has 6 nitrogen and oxygen atoms in total. The van der Waals surface area contributed by atoms with Crippen LogP contribution in [0.4, 0.5) is 0 Å². The van der Waals surface area contributed by atoms with Crippen LogP contribution in [-0.2, 0) is 9.53 Å². The van der Waals surface area contributed by atoms with Crippen molar-refractivity contribution >= 4 is 5.97 Å². The van der Waals surface area contributed by atoms with Crippen molar-refractivity contribution in [1.29, 1.82) is 0 Å². The Morgan fingerprint density at radius 3 is 1.03 bits per heavy atom. The molecule has 4 aromatic rings. The van der Waals surface area contributed by atoms with Gasteiger partial charge in [-0.3, -0.25) is 4.79 Å². The van der Waals surface area contributed by atoms with Gasteiger partial charge in [-0.25, -0.2) is 0 Å². The first kappa shape index (κ1) is 22.7. The number of hydrogen-bond donors (Lipinski definition) is 4. The van der Waals surface area contributed by atoms with Crippen LogP contribution in [0.15, 0.2) is 72.8 Å². The first-order valence-corrected chi connectivity index (χ1v) is 10.8. The summed E-state index contributed by atoms with van der Waals surface area (Å²) in [5, 5.41) is 42.9. The zero-order chi connectivity index (χ0) is 24.4. The lowest BCUT2D eigenvalue weighted by molar-refractivity contribution is -0.140. The lowest BCUT2D eigenvalue weighted by Gasteiger charge is -2.25. The van der Waals surface area contributed by atoms with Crippen molar-refractivity contribution in [2.45, 2.75) is 13.8 Å². The third kappa shape index (κ3) is 3.90. The zero-order valence-electron chi connectivity index (χ0n) is 18.7. The molecular formula is C28H24O6. The maximum Gasteiger partial charge on any atom is 0.302 e. The second-order valence-corrected chi connectivity index (χ2v) is 7.72. The van der Waals surface area contributed by atoms with Crippen molar-refractivity contribution in [1.82, 2.24) is 0 Å². The number of benzene rings is 4. The summed E-state index contributed by atoms with van der Waals surface area (Å²) in [7, 11) is 0. The highest BCUT2D eigenvalue weighted by Crippen LogP contribution is 2.55. The lowest BCUT2D eigenvalue weighted by Crippen LogP contribution is -1.98. The Morgan fingerprint density at radius 1 is 0.588 bits per heavy atom. The van der Waals surface area contributed by atoms with E-state index in [0.717, 1.165) is 0 Å². The molecule has 34 heavy (non-hydrogen) atoms. The minimum atomic E-state index is -0.211. The molecule has 5 rings (SSSR count). The Labute approximate surface area is 197 Å². The van der Waals surface area contributed by atoms with Gasteiger partial charge in [-0.1, -0.05) is 48.5 Å². The lowest BCUT2D eigenvalue weighted by atomic mass is 9.79. The van der Waals surface area contributed by atoms with E-state index in [9.17, 15) is 25.2 Å². The number of carbonyl (C=O) groups is 1. The third-order valence-corrected chi connectivity index (χ3v) is 5.60. The number of aromatic hydroxyl groups is 4. The van der Waals surface area contributed by atoms with Crippen molar-refractivity contribution in [2.24, 2.45) is 0 Å². The second-order valence-electron chi connectivity index (χ2n) is 7.72. The van der Waals surface area contributed by atoms with Gasteiger partial charge in [-0.15, -0.1) is 0 Å². The highest BCUT2D eigenvalue weighted by molar-refractivity contribution is 6.08. The molecule has 0 saturated heterocycles. The van der Waals surface area contributed by atoms with E-state index < -0.39 is 0 Å². The Balaban J connectivity index is 0.000000408. The predicted molar refractivity (Wildman–Crippen MR) is 131 cm³/mol. The molecule has 172 valence electrons. The van der Waals surface area contributed by atoms with E-state index in [4.69, 9.17) is 0 Å². The summed E-state index contributed by atoms with van der Waals surface area (Å²) in [6.45, 7) is 3.65. The van der Waals surface area contributed by atoms with Crippen LogP contribution < -0.4 is 0 Å². The average Bonchev–Trinajstić information content (AvgIpc) is 2.79. The normalized spacial score (nSPS) is 10.8. The quantitative estimate of drug-likeness (QED) is 0.228. The van der Waals surface area contributed by atoms with Crippen molar-refractivity contribution in [2.75, 3.05) is 6.61 Å². The van der Waals surface area contributed by atoms with Crippen molar-refractivity contribution in [3.8, 4) is 67.5 Å². The first-order chi connectivity index (χ1) is 16.3. The maximum absolute atomic E-state index is 10.7. The number of phenols is 4. The van der Waals surface area contributed by atoms with Crippen LogP contribution in [0.2, 0.25) is 0 Å². The van der Waals surface area contributed by atoms with Crippen LogP contribution in [0.5, 0.6) is 23.0 Å². The van der Waals surface area contributed by atoms with Gasteiger partial charge in [0.15, 0.2) is 0 Å². The van der Waals surface area contributed by atoms with Crippen molar-refractivity contribution in [3.63, 3.8) is 0 Å². The number of carbonyl (C=O) groups excluding carboxylic acids is 1. The van der Waals surface area contributed by atoms with E-state index >= 15 is 0 Å². The molecule has 0 unspecified atom stereocenters. The Morgan fingerprint density at radius 2 is 0.853 bits per heavy atom. The zero-order valence-corrected chi connectivity index (χ0v) is 18.7. The number of fused-ring (bicyclic) bond motifs is 8. The molecule has 0 heterocycles. The molecule has 0 atom stereocenters. The Kier molecular flexibility index (Phi) is 6.15. The van der Waals surface area contributed by atoms with Gasteiger partial charge in [-0.05, 0) is 53.4 Å². The second kappa shape index (κ2) is 9.19. The molecular weight excluding hydrogens is 432 g/mol. The number of phenolic OH excluding ortho intramolecular Hbond substituents is 4. The summed E-state index contributed by atoms with van der Waals surface area (Å²) in [5.41, 5.74) is 4.55. The molecule has 4 N–H and O–H groups in total. The highest BCUT2D eigenvalue weighted by Gasteiger charge is 2.28. The third-order valence-electron chi connectivity index (χ3n) is 5.60. The van der Waals surface area contributed by atoms with Gasteiger partial charge < -0.3 is 25.2 Å². The topological polar surface area (TPSA) is 107 Å². The first-order valence-electron chi connectivity index (χ1n) is 10.8. The Bertz CT molecular complexity index is 1190. The van der Waals surface area contributed by atoms with E-state index in [1.807, 2.05) is 24.3 Å². The molecule has 0 aromatic heterocycles. The molecule has 0 amide bonds. The smallest absolute Gasteiger partial charge is 0.302 e. The molecule has 0 saturated carbocycles. The summed E-state index contributed by atoms with van der Waals surface area (Å²) in [6.07, 6.45) is 0.